The maximum atomic E-state index is 12.0. The number of anilines is 2. The second kappa shape index (κ2) is 7.58. The lowest BCUT2D eigenvalue weighted by Gasteiger charge is -2.34. The zero-order valence-corrected chi connectivity index (χ0v) is 18.1. The van der Waals surface area contributed by atoms with E-state index in [0.717, 1.165) is 0 Å². The molecule has 0 amide bonds. The average molecular weight is 455 g/mol. The van der Waals surface area contributed by atoms with Crippen LogP contribution in [0.1, 0.15) is 6.92 Å². The average Bonchev–Trinajstić information content (AvgIpc) is 3.41. The van der Waals surface area contributed by atoms with Crippen LogP contribution in [0, 0.1) is 0 Å². The number of nitrogens with zero attached hydrogens (tertiary/aromatic N) is 5. The lowest BCUT2D eigenvalue weighted by atomic mass is 10.0. The van der Waals surface area contributed by atoms with Crippen LogP contribution in [0.3, 0.4) is 0 Å². The molecule has 1 aromatic carbocycles. The van der Waals surface area contributed by atoms with Gasteiger partial charge in [-0.05, 0) is 30.7 Å². The fourth-order valence-electron chi connectivity index (χ4n) is 3.95. The molecule has 32 heavy (non-hydrogen) atoms. The summed E-state index contributed by atoms with van der Waals surface area (Å²) in [6.07, 6.45) is 1.61. The molecule has 1 aliphatic heterocycles. The first-order chi connectivity index (χ1) is 15.3. The van der Waals surface area contributed by atoms with Gasteiger partial charge in [0.1, 0.15) is 5.82 Å². The molecule has 1 atom stereocenters. The van der Waals surface area contributed by atoms with Crippen molar-refractivity contribution in [2.24, 2.45) is 5.14 Å². The van der Waals surface area contributed by atoms with Gasteiger partial charge in [-0.1, -0.05) is 12.1 Å². The Bertz CT molecular complexity index is 1400. The number of primary sulfonamides is 1. The first kappa shape index (κ1) is 20.4. The second-order valence-electron chi connectivity index (χ2n) is 7.66. The minimum atomic E-state index is -3.87. The van der Waals surface area contributed by atoms with Crippen LogP contribution in [0.2, 0.25) is 0 Å². The number of nitrogen functional groups attached to an aromatic ring is 1. The van der Waals surface area contributed by atoms with E-state index >= 15 is 0 Å². The molecule has 166 valence electrons. The first-order valence-corrected chi connectivity index (χ1v) is 11.5. The Morgan fingerprint density at radius 2 is 2.09 bits per heavy atom. The van der Waals surface area contributed by atoms with Crippen molar-refractivity contribution in [3.8, 4) is 16.9 Å². The highest BCUT2D eigenvalue weighted by Crippen LogP contribution is 2.36. The highest BCUT2D eigenvalue weighted by atomic mass is 32.2. The molecule has 5 N–H and O–H groups in total. The van der Waals surface area contributed by atoms with E-state index in [1.54, 1.807) is 23.0 Å². The third-order valence-corrected chi connectivity index (χ3v) is 6.41. The number of fused-ring (bicyclic) bond motifs is 1. The van der Waals surface area contributed by atoms with Crippen LogP contribution in [0.4, 0.5) is 11.6 Å². The number of ether oxygens (including phenoxy) is 1. The topological polar surface area (TPSA) is 158 Å². The molecular formula is C20H22N8O3S. The zero-order valence-electron chi connectivity index (χ0n) is 17.3. The van der Waals surface area contributed by atoms with Crippen molar-refractivity contribution < 1.29 is 13.2 Å². The number of rotatable bonds is 4. The normalized spacial score (nSPS) is 17.2. The lowest BCUT2D eigenvalue weighted by Crippen LogP contribution is -2.44. The molecule has 0 saturated carbocycles. The highest BCUT2D eigenvalue weighted by molar-refractivity contribution is 7.89. The maximum absolute atomic E-state index is 12.0. The third-order valence-electron chi connectivity index (χ3n) is 5.50. The van der Waals surface area contributed by atoms with Crippen LogP contribution in [-0.4, -0.2) is 59.2 Å². The smallest absolute Gasteiger partial charge is 0.238 e. The van der Waals surface area contributed by atoms with Crippen LogP contribution in [-0.2, 0) is 14.8 Å². The number of nitrogens with two attached hydrogens (primary N) is 2. The van der Waals surface area contributed by atoms with E-state index < -0.39 is 10.0 Å². The molecule has 0 aliphatic carbocycles. The molecule has 0 spiro atoms. The van der Waals surface area contributed by atoms with Gasteiger partial charge in [0.2, 0.25) is 10.0 Å². The summed E-state index contributed by atoms with van der Waals surface area (Å²) < 4.78 is 31.1. The summed E-state index contributed by atoms with van der Waals surface area (Å²) in [5, 5.41) is 17.3. The molecule has 0 bridgehead atoms. The molecule has 0 radical (unpaired) electrons. The Hall–Kier alpha value is -3.48. The number of hydrogen-bond acceptors (Lipinski definition) is 8. The number of pyridine rings is 1. The molecule has 12 heteroatoms. The van der Waals surface area contributed by atoms with Gasteiger partial charge >= 0.3 is 0 Å². The molecular weight excluding hydrogens is 432 g/mol. The minimum Gasteiger partial charge on any atom is -0.382 e. The van der Waals surface area contributed by atoms with Crippen molar-refractivity contribution >= 4 is 32.7 Å². The Labute approximate surface area is 184 Å². The number of morpholine rings is 1. The van der Waals surface area contributed by atoms with Gasteiger partial charge in [0.15, 0.2) is 17.3 Å². The van der Waals surface area contributed by atoms with Gasteiger partial charge in [0.05, 0.1) is 35.7 Å². The van der Waals surface area contributed by atoms with E-state index in [0.29, 0.717) is 53.6 Å². The maximum Gasteiger partial charge on any atom is 0.238 e. The molecule has 1 fully saturated rings. The van der Waals surface area contributed by atoms with E-state index in [1.165, 1.54) is 12.1 Å². The van der Waals surface area contributed by atoms with Gasteiger partial charge in [-0.25, -0.2) is 18.5 Å². The summed E-state index contributed by atoms with van der Waals surface area (Å²) in [4.78, 5) is 7.05. The van der Waals surface area contributed by atoms with Crippen LogP contribution in [0.15, 0.2) is 47.5 Å². The molecule has 5 rings (SSSR count). The van der Waals surface area contributed by atoms with Crippen molar-refractivity contribution in [3.05, 3.63) is 42.6 Å². The quantitative estimate of drug-likeness (QED) is 0.416. The van der Waals surface area contributed by atoms with Crippen LogP contribution in [0.25, 0.3) is 28.0 Å². The van der Waals surface area contributed by atoms with Gasteiger partial charge in [-0.3, -0.25) is 5.10 Å². The van der Waals surface area contributed by atoms with Crippen molar-refractivity contribution in [2.75, 3.05) is 30.4 Å². The van der Waals surface area contributed by atoms with E-state index in [4.69, 9.17) is 20.6 Å². The molecule has 1 saturated heterocycles. The number of hydrogen-bond donors (Lipinski definition) is 3. The fraction of sp³-hybridized carbons (Fsp3) is 0.250. The predicted octanol–water partition coefficient (Wildman–Crippen LogP) is 1.27. The molecule has 4 heterocycles. The Morgan fingerprint density at radius 3 is 2.81 bits per heavy atom. The summed E-state index contributed by atoms with van der Waals surface area (Å²) in [6, 6.07) is 10.2. The van der Waals surface area contributed by atoms with Crippen LogP contribution < -0.4 is 15.8 Å². The summed E-state index contributed by atoms with van der Waals surface area (Å²) >= 11 is 0. The van der Waals surface area contributed by atoms with E-state index in [2.05, 4.69) is 27.1 Å². The van der Waals surface area contributed by atoms with Crippen molar-refractivity contribution in [1.82, 2.24) is 25.0 Å². The largest absolute Gasteiger partial charge is 0.382 e. The Morgan fingerprint density at radius 1 is 1.25 bits per heavy atom. The number of nitrogens with one attached hydrogen (secondary N) is 1. The van der Waals surface area contributed by atoms with Gasteiger partial charge in [0.25, 0.3) is 0 Å². The monoisotopic (exact) mass is 454 g/mol. The van der Waals surface area contributed by atoms with Gasteiger partial charge < -0.3 is 15.4 Å². The summed E-state index contributed by atoms with van der Waals surface area (Å²) in [7, 11) is -3.87. The molecule has 4 aromatic rings. The summed E-state index contributed by atoms with van der Waals surface area (Å²) in [5.74, 6) is 1.58. The van der Waals surface area contributed by atoms with Gasteiger partial charge in [0, 0.05) is 18.2 Å². The molecule has 1 aliphatic rings. The predicted molar refractivity (Wildman–Crippen MR) is 120 cm³/mol. The number of H-pyrrole nitrogens is 1. The Balaban J connectivity index is 1.80. The van der Waals surface area contributed by atoms with E-state index in [1.807, 2.05) is 12.1 Å². The Kier molecular flexibility index (Phi) is 4.84. The van der Waals surface area contributed by atoms with Crippen LogP contribution >= 0.6 is 0 Å². The van der Waals surface area contributed by atoms with Crippen molar-refractivity contribution in [3.63, 3.8) is 0 Å². The lowest BCUT2D eigenvalue weighted by molar-refractivity contribution is 0.0985. The van der Waals surface area contributed by atoms with Gasteiger partial charge in [-0.15, -0.1) is 5.10 Å². The standard InChI is InChI=1S/C20H22N8O3S/c1-12-11-31-8-7-27(12)17-10-15(13-3-2-4-14(9-13)32(22,29)30)18-19(21)26-28(20(18)24-17)16-5-6-23-25-16/h2-6,9-10,12H,7-8,11H2,1H3,(H2,21,26)(H,23,25)(H2,22,29,30)/t12-/m1/s1. The number of aromatic amines is 1. The SMILES string of the molecule is C[C@@H]1COCCN1c1cc(-c2cccc(S(N)(=O)=O)c2)c2c(N)nn(-c3ccn[nH]3)c2n1. The number of aromatic nitrogens is 5. The summed E-state index contributed by atoms with van der Waals surface area (Å²) in [5.41, 5.74) is 8.19. The molecule has 3 aromatic heterocycles. The number of sulfonamides is 1. The zero-order chi connectivity index (χ0) is 22.5. The van der Waals surface area contributed by atoms with Crippen molar-refractivity contribution in [1.29, 1.82) is 0 Å². The van der Waals surface area contributed by atoms with Gasteiger partial charge in [-0.2, -0.15) is 9.78 Å². The fourth-order valence-corrected chi connectivity index (χ4v) is 4.51. The second-order valence-corrected chi connectivity index (χ2v) is 9.22. The first-order valence-electron chi connectivity index (χ1n) is 9.99. The molecule has 0 unspecified atom stereocenters. The minimum absolute atomic E-state index is 0.0146. The van der Waals surface area contributed by atoms with Crippen molar-refractivity contribution in [2.45, 2.75) is 17.9 Å². The molecule has 11 nitrogen and oxygen atoms in total. The highest BCUT2D eigenvalue weighted by Gasteiger charge is 2.25. The van der Waals surface area contributed by atoms with E-state index in [9.17, 15) is 8.42 Å². The third kappa shape index (κ3) is 3.47. The van der Waals surface area contributed by atoms with Crippen LogP contribution in [0.5, 0.6) is 0 Å². The van der Waals surface area contributed by atoms with E-state index in [-0.39, 0.29) is 16.8 Å². The summed E-state index contributed by atoms with van der Waals surface area (Å²) in [6.45, 7) is 3.90. The number of benzene rings is 1.